The number of rotatable bonds is 5. The van der Waals surface area contributed by atoms with E-state index in [9.17, 15) is 19.5 Å². The molecule has 7 nitrogen and oxygen atoms in total. The van der Waals surface area contributed by atoms with Gasteiger partial charge in [0, 0.05) is 50.9 Å². The molecule has 2 atom stereocenters. The quantitative estimate of drug-likeness (QED) is 0.844. The summed E-state index contributed by atoms with van der Waals surface area (Å²) >= 11 is 1.71. The van der Waals surface area contributed by atoms with Crippen LogP contribution in [0.3, 0.4) is 0 Å². The van der Waals surface area contributed by atoms with Crippen LogP contribution in [0.2, 0.25) is 0 Å². The van der Waals surface area contributed by atoms with Crippen molar-refractivity contribution in [2.75, 3.05) is 20.2 Å². The Morgan fingerprint density at radius 2 is 2.08 bits per heavy atom. The molecule has 0 aliphatic carbocycles. The second kappa shape index (κ2) is 7.53. The van der Waals surface area contributed by atoms with E-state index >= 15 is 0 Å². The van der Waals surface area contributed by atoms with Crippen molar-refractivity contribution in [2.45, 2.75) is 44.4 Å². The largest absolute Gasteiger partial charge is 0.480 e. The SMILES string of the molecule is COC1CC(C(=O)O)N(C(=O)CCC(=O)N2CCc3sccc3C2)C1. The molecular weight excluding hydrogens is 344 g/mol. The lowest BCUT2D eigenvalue weighted by Crippen LogP contribution is -2.41. The number of carboxylic acids is 1. The second-order valence-electron chi connectivity index (χ2n) is 6.43. The van der Waals surface area contributed by atoms with Gasteiger partial charge in [-0.05, 0) is 23.4 Å². The van der Waals surface area contributed by atoms with Crippen molar-refractivity contribution in [3.8, 4) is 0 Å². The van der Waals surface area contributed by atoms with Crippen molar-refractivity contribution in [3.05, 3.63) is 21.9 Å². The van der Waals surface area contributed by atoms with Gasteiger partial charge >= 0.3 is 5.97 Å². The minimum Gasteiger partial charge on any atom is -0.480 e. The summed E-state index contributed by atoms with van der Waals surface area (Å²) in [6.45, 7) is 1.54. The Morgan fingerprint density at radius 1 is 1.32 bits per heavy atom. The van der Waals surface area contributed by atoms with Crippen LogP contribution < -0.4 is 0 Å². The number of aliphatic carboxylic acids is 1. The van der Waals surface area contributed by atoms with E-state index in [2.05, 4.69) is 0 Å². The average Bonchev–Trinajstić information content (AvgIpc) is 3.24. The van der Waals surface area contributed by atoms with Gasteiger partial charge in [-0.25, -0.2) is 4.79 Å². The van der Waals surface area contributed by atoms with Gasteiger partial charge in [-0.1, -0.05) is 0 Å². The molecule has 2 amide bonds. The third-order valence-electron chi connectivity index (χ3n) is 4.91. The zero-order chi connectivity index (χ0) is 18.0. The van der Waals surface area contributed by atoms with E-state index in [-0.39, 0.29) is 37.3 Å². The molecule has 1 fully saturated rings. The van der Waals surface area contributed by atoms with E-state index in [1.54, 1.807) is 16.2 Å². The molecule has 0 spiro atoms. The first-order valence-electron chi connectivity index (χ1n) is 8.37. The molecule has 1 aromatic heterocycles. The van der Waals surface area contributed by atoms with Crippen molar-refractivity contribution in [3.63, 3.8) is 0 Å². The molecule has 2 unspecified atom stereocenters. The van der Waals surface area contributed by atoms with E-state index in [0.717, 1.165) is 6.42 Å². The number of likely N-dealkylation sites (tertiary alicyclic amines) is 1. The topological polar surface area (TPSA) is 87.1 Å². The molecule has 8 heteroatoms. The highest BCUT2D eigenvalue weighted by Crippen LogP contribution is 2.25. The minimum atomic E-state index is -1.03. The molecule has 0 aromatic carbocycles. The number of ether oxygens (including phenoxy) is 1. The fourth-order valence-corrected chi connectivity index (χ4v) is 4.34. The zero-order valence-corrected chi connectivity index (χ0v) is 15.0. The van der Waals surface area contributed by atoms with Gasteiger partial charge in [0.2, 0.25) is 11.8 Å². The number of fused-ring (bicyclic) bond motifs is 1. The molecule has 1 N–H and O–H groups in total. The Kier molecular flexibility index (Phi) is 5.39. The number of carboxylic acid groups (broad SMARTS) is 1. The van der Waals surface area contributed by atoms with E-state index in [1.165, 1.54) is 22.5 Å². The van der Waals surface area contributed by atoms with Crippen LogP contribution in [-0.2, 0) is 32.1 Å². The first-order chi connectivity index (χ1) is 12.0. The van der Waals surface area contributed by atoms with E-state index < -0.39 is 12.0 Å². The monoisotopic (exact) mass is 366 g/mol. The fraction of sp³-hybridized carbons (Fsp3) is 0.588. The maximum absolute atomic E-state index is 12.4. The van der Waals surface area contributed by atoms with Crippen molar-refractivity contribution in [1.29, 1.82) is 0 Å². The Balaban J connectivity index is 1.53. The number of carbonyl (C=O) groups is 3. The van der Waals surface area contributed by atoms with Crippen LogP contribution in [-0.4, -0.2) is 65.0 Å². The van der Waals surface area contributed by atoms with Gasteiger partial charge in [-0.3, -0.25) is 9.59 Å². The molecule has 2 aliphatic rings. The third kappa shape index (κ3) is 3.85. The second-order valence-corrected chi connectivity index (χ2v) is 7.43. The van der Waals surface area contributed by atoms with Gasteiger partial charge < -0.3 is 19.6 Å². The molecule has 0 radical (unpaired) electrons. The lowest BCUT2D eigenvalue weighted by Gasteiger charge is -2.27. The number of amides is 2. The standard InChI is InChI=1S/C17H22N2O5S/c1-24-12-8-13(17(22)23)19(10-12)16(21)3-2-15(20)18-6-4-14-11(9-18)5-7-25-14/h5,7,12-13H,2-4,6,8-10H2,1H3,(H,22,23). The summed E-state index contributed by atoms with van der Waals surface area (Å²) in [7, 11) is 1.51. The van der Waals surface area contributed by atoms with Crippen molar-refractivity contribution < 1.29 is 24.2 Å². The summed E-state index contributed by atoms with van der Waals surface area (Å²) in [4.78, 5) is 40.6. The highest BCUT2D eigenvalue weighted by atomic mass is 32.1. The lowest BCUT2D eigenvalue weighted by molar-refractivity contribution is -0.148. The van der Waals surface area contributed by atoms with Crippen molar-refractivity contribution in [2.24, 2.45) is 0 Å². The Labute approximate surface area is 150 Å². The van der Waals surface area contributed by atoms with Crippen LogP contribution in [0, 0.1) is 0 Å². The van der Waals surface area contributed by atoms with Crippen molar-refractivity contribution >= 4 is 29.1 Å². The average molecular weight is 366 g/mol. The molecule has 3 heterocycles. The van der Waals surface area contributed by atoms with Gasteiger partial charge in [0.05, 0.1) is 6.10 Å². The molecule has 0 saturated carbocycles. The number of carbonyl (C=O) groups excluding carboxylic acids is 2. The van der Waals surface area contributed by atoms with E-state index in [1.807, 2.05) is 11.4 Å². The highest BCUT2D eigenvalue weighted by molar-refractivity contribution is 7.10. The predicted octanol–water partition coefficient (Wildman–Crippen LogP) is 1.11. The predicted molar refractivity (Wildman–Crippen MR) is 91.2 cm³/mol. The first kappa shape index (κ1) is 17.9. The van der Waals surface area contributed by atoms with Crippen LogP contribution in [0.25, 0.3) is 0 Å². The maximum Gasteiger partial charge on any atom is 0.326 e. The summed E-state index contributed by atoms with van der Waals surface area (Å²) in [6, 6.07) is 1.17. The summed E-state index contributed by atoms with van der Waals surface area (Å²) in [5.41, 5.74) is 1.18. The lowest BCUT2D eigenvalue weighted by atomic mass is 10.1. The van der Waals surface area contributed by atoms with Crippen LogP contribution >= 0.6 is 11.3 Å². The van der Waals surface area contributed by atoms with Crippen LogP contribution in [0.1, 0.15) is 29.7 Å². The molecule has 136 valence electrons. The van der Waals surface area contributed by atoms with E-state index in [0.29, 0.717) is 19.5 Å². The number of hydrogen-bond donors (Lipinski definition) is 1. The molecule has 1 aromatic rings. The van der Waals surface area contributed by atoms with Crippen LogP contribution in [0.15, 0.2) is 11.4 Å². The smallest absolute Gasteiger partial charge is 0.326 e. The third-order valence-corrected chi connectivity index (χ3v) is 5.94. The summed E-state index contributed by atoms with van der Waals surface area (Å²) in [6.07, 6.45) is 1.03. The summed E-state index contributed by atoms with van der Waals surface area (Å²) in [5.74, 6) is -1.38. The van der Waals surface area contributed by atoms with Crippen LogP contribution in [0.5, 0.6) is 0 Å². The summed E-state index contributed by atoms with van der Waals surface area (Å²) < 4.78 is 5.19. The minimum absolute atomic E-state index is 0.0338. The van der Waals surface area contributed by atoms with Gasteiger partial charge in [0.25, 0.3) is 0 Å². The Hall–Kier alpha value is -1.93. The number of methoxy groups -OCH3 is 1. The molecule has 3 rings (SSSR count). The van der Waals surface area contributed by atoms with Gasteiger partial charge in [0.15, 0.2) is 0 Å². The molecule has 0 bridgehead atoms. The molecular formula is C17H22N2O5S. The summed E-state index contributed by atoms with van der Waals surface area (Å²) in [5, 5.41) is 11.3. The normalized spacial score (nSPS) is 22.8. The number of hydrogen-bond acceptors (Lipinski definition) is 5. The zero-order valence-electron chi connectivity index (χ0n) is 14.1. The Bertz CT molecular complexity index is 674. The van der Waals surface area contributed by atoms with Gasteiger partial charge in [-0.2, -0.15) is 0 Å². The number of nitrogens with zero attached hydrogens (tertiary/aromatic N) is 2. The fourth-order valence-electron chi connectivity index (χ4n) is 3.45. The molecule has 2 aliphatic heterocycles. The maximum atomic E-state index is 12.4. The Morgan fingerprint density at radius 3 is 2.80 bits per heavy atom. The van der Waals surface area contributed by atoms with Crippen molar-refractivity contribution in [1.82, 2.24) is 9.80 Å². The number of thiophene rings is 1. The first-order valence-corrected chi connectivity index (χ1v) is 9.25. The highest BCUT2D eigenvalue weighted by Gasteiger charge is 2.39. The van der Waals surface area contributed by atoms with E-state index in [4.69, 9.17) is 4.74 Å². The molecule has 25 heavy (non-hydrogen) atoms. The molecule has 1 saturated heterocycles. The van der Waals surface area contributed by atoms with Crippen LogP contribution in [0.4, 0.5) is 0 Å². The van der Waals surface area contributed by atoms with Gasteiger partial charge in [0.1, 0.15) is 6.04 Å². The van der Waals surface area contributed by atoms with Gasteiger partial charge in [-0.15, -0.1) is 11.3 Å².